The van der Waals surface area contributed by atoms with Gasteiger partial charge in [-0.05, 0) is 35.7 Å². The standard InChI is InChI=1S/C22H19N3O3S2/c26-20(25(13-18-8-4-10-28-18)14-19-9-5-11-29-19)12-17-15-30-22(23-17)24-21(27)16-6-2-1-3-7-16/h1-11,15H,12-14H2,(H,23,24,27). The fourth-order valence-electron chi connectivity index (χ4n) is 2.88. The average Bonchev–Trinajstić information content (AvgIpc) is 3.52. The first-order chi connectivity index (χ1) is 14.7. The van der Waals surface area contributed by atoms with Gasteiger partial charge in [0.1, 0.15) is 5.76 Å². The molecule has 8 heteroatoms. The maximum atomic E-state index is 13.0. The number of anilines is 1. The van der Waals surface area contributed by atoms with Gasteiger partial charge >= 0.3 is 0 Å². The molecule has 1 aromatic carbocycles. The van der Waals surface area contributed by atoms with E-state index in [9.17, 15) is 9.59 Å². The van der Waals surface area contributed by atoms with Crippen LogP contribution in [0.4, 0.5) is 5.13 Å². The topological polar surface area (TPSA) is 75.4 Å². The van der Waals surface area contributed by atoms with E-state index in [1.807, 2.05) is 47.8 Å². The number of carbonyl (C=O) groups is 2. The Bertz CT molecular complexity index is 1050. The molecule has 4 aromatic rings. The molecule has 2 amide bonds. The van der Waals surface area contributed by atoms with Gasteiger partial charge in [-0.1, -0.05) is 24.3 Å². The number of benzene rings is 1. The van der Waals surface area contributed by atoms with Gasteiger partial charge in [-0.3, -0.25) is 14.9 Å². The normalized spacial score (nSPS) is 10.7. The number of carbonyl (C=O) groups excluding carboxylic acids is 2. The Balaban J connectivity index is 1.41. The Hall–Kier alpha value is -3.23. The van der Waals surface area contributed by atoms with E-state index in [0.717, 1.165) is 10.6 Å². The number of hydrogen-bond acceptors (Lipinski definition) is 6. The molecule has 0 saturated heterocycles. The van der Waals surface area contributed by atoms with Crippen LogP contribution >= 0.6 is 22.7 Å². The summed E-state index contributed by atoms with van der Waals surface area (Å²) in [6, 6.07) is 16.6. The first-order valence-electron chi connectivity index (χ1n) is 9.31. The van der Waals surface area contributed by atoms with Gasteiger partial charge in [-0.2, -0.15) is 0 Å². The van der Waals surface area contributed by atoms with E-state index in [-0.39, 0.29) is 18.2 Å². The van der Waals surface area contributed by atoms with E-state index in [1.165, 1.54) is 11.3 Å². The quantitative estimate of drug-likeness (QED) is 0.429. The second-order valence-electron chi connectivity index (χ2n) is 6.55. The Morgan fingerprint density at radius 2 is 1.87 bits per heavy atom. The monoisotopic (exact) mass is 437 g/mol. The summed E-state index contributed by atoms with van der Waals surface area (Å²) in [5, 5.41) is 7.05. The molecule has 4 rings (SSSR count). The summed E-state index contributed by atoms with van der Waals surface area (Å²) in [6.07, 6.45) is 1.76. The minimum absolute atomic E-state index is 0.0500. The molecule has 0 aliphatic carbocycles. The van der Waals surface area contributed by atoms with Gasteiger partial charge in [0.05, 0.1) is 31.5 Å². The lowest BCUT2D eigenvalue weighted by molar-refractivity contribution is -0.132. The molecule has 152 valence electrons. The fourth-order valence-corrected chi connectivity index (χ4v) is 4.31. The third-order valence-corrected chi connectivity index (χ3v) is 6.01. The Labute approximate surface area is 181 Å². The lowest BCUT2D eigenvalue weighted by Crippen LogP contribution is -2.31. The third-order valence-electron chi connectivity index (χ3n) is 4.35. The lowest BCUT2D eigenvalue weighted by atomic mass is 10.2. The summed E-state index contributed by atoms with van der Waals surface area (Å²) in [6.45, 7) is 0.907. The van der Waals surface area contributed by atoms with Gasteiger partial charge in [-0.25, -0.2) is 4.98 Å². The highest BCUT2D eigenvalue weighted by molar-refractivity contribution is 7.14. The van der Waals surface area contributed by atoms with Crippen molar-refractivity contribution in [3.63, 3.8) is 0 Å². The maximum Gasteiger partial charge on any atom is 0.257 e. The molecular weight excluding hydrogens is 418 g/mol. The molecule has 0 fully saturated rings. The first-order valence-corrected chi connectivity index (χ1v) is 11.1. The lowest BCUT2D eigenvalue weighted by Gasteiger charge is -2.20. The largest absolute Gasteiger partial charge is 0.467 e. The van der Waals surface area contributed by atoms with E-state index in [0.29, 0.717) is 29.5 Å². The van der Waals surface area contributed by atoms with Crippen LogP contribution in [0.3, 0.4) is 0 Å². The van der Waals surface area contributed by atoms with Crippen LogP contribution in [0.15, 0.2) is 76.0 Å². The number of nitrogens with one attached hydrogen (secondary N) is 1. The van der Waals surface area contributed by atoms with Crippen LogP contribution in [0.2, 0.25) is 0 Å². The molecule has 0 aliphatic heterocycles. The molecule has 0 bridgehead atoms. The van der Waals surface area contributed by atoms with Gasteiger partial charge in [-0.15, -0.1) is 22.7 Å². The van der Waals surface area contributed by atoms with Crippen molar-refractivity contribution in [1.29, 1.82) is 0 Å². The van der Waals surface area contributed by atoms with E-state index in [1.54, 1.807) is 40.0 Å². The molecule has 0 atom stereocenters. The summed E-state index contributed by atoms with van der Waals surface area (Å²) in [5.41, 5.74) is 1.19. The second kappa shape index (κ2) is 9.51. The first kappa shape index (κ1) is 20.1. The average molecular weight is 438 g/mol. The van der Waals surface area contributed by atoms with Crippen LogP contribution in [-0.4, -0.2) is 21.7 Å². The highest BCUT2D eigenvalue weighted by atomic mass is 32.1. The maximum absolute atomic E-state index is 13.0. The van der Waals surface area contributed by atoms with Crippen LogP contribution < -0.4 is 5.32 Å². The van der Waals surface area contributed by atoms with Gasteiger partial charge in [0, 0.05) is 15.8 Å². The number of thiophene rings is 1. The van der Waals surface area contributed by atoms with Crippen LogP contribution in [0.1, 0.15) is 26.7 Å². The summed E-state index contributed by atoms with van der Waals surface area (Å²) < 4.78 is 5.42. The van der Waals surface area contributed by atoms with Gasteiger partial charge in [0.15, 0.2) is 5.13 Å². The molecular formula is C22H19N3O3S2. The molecule has 0 saturated carbocycles. The summed E-state index contributed by atoms with van der Waals surface area (Å²) >= 11 is 2.92. The number of aromatic nitrogens is 1. The van der Waals surface area contributed by atoms with E-state index in [2.05, 4.69) is 10.3 Å². The van der Waals surface area contributed by atoms with Crippen LogP contribution in [0.25, 0.3) is 0 Å². The minimum Gasteiger partial charge on any atom is -0.467 e. The number of rotatable bonds is 8. The Morgan fingerprint density at radius 1 is 1.00 bits per heavy atom. The van der Waals surface area contributed by atoms with E-state index >= 15 is 0 Å². The minimum atomic E-state index is -0.222. The van der Waals surface area contributed by atoms with Gasteiger partial charge < -0.3 is 9.32 Å². The van der Waals surface area contributed by atoms with Crippen LogP contribution in [0, 0.1) is 0 Å². The zero-order chi connectivity index (χ0) is 20.8. The Morgan fingerprint density at radius 3 is 2.60 bits per heavy atom. The van der Waals surface area contributed by atoms with Gasteiger partial charge in [0.2, 0.25) is 5.91 Å². The van der Waals surface area contributed by atoms with Crippen molar-refractivity contribution in [2.24, 2.45) is 0 Å². The number of nitrogens with zero attached hydrogens (tertiary/aromatic N) is 2. The molecule has 3 heterocycles. The zero-order valence-corrected chi connectivity index (χ0v) is 17.6. The van der Waals surface area contributed by atoms with Crippen molar-refractivity contribution in [1.82, 2.24) is 9.88 Å². The molecule has 30 heavy (non-hydrogen) atoms. The summed E-state index contributed by atoms with van der Waals surface area (Å²) in [7, 11) is 0. The number of amides is 2. The Kier molecular flexibility index (Phi) is 6.36. The van der Waals surface area contributed by atoms with Crippen molar-refractivity contribution < 1.29 is 14.0 Å². The van der Waals surface area contributed by atoms with Crippen LogP contribution in [0.5, 0.6) is 0 Å². The number of hydrogen-bond donors (Lipinski definition) is 1. The molecule has 0 spiro atoms. The smallest absolute Gasteiger partial charge is 0.257 e. The SMILES string of the molecule is O=C(Nc1nc(CC(=O)N(Cc2ccco2)Cc2cccs2)cs1)c1ccccc1. The molecule has 0 aliphatic rings. The third kappa shape index (κ3) is 5.22. The predicted octanol–water partition coefficient (Wildman–Crippen LogP) is 4.82. The zero-order valence-electron chi connectivity index (χ0n) is 16.0. The van der Waals surface area contributed by atoms with Crippen molar-refractivity contribution in [3.8, 4) is 0 Å². The molecule has 0 unspecified atom stereocenters. The summed E-state index contributed by atoms with van der Waals surface area (Å²) in [5.74, 6) is 0.458. The van der Waals surface area contributed by atoms with Crippen LogP contribution in [-0.2, 0) is 24.3 Å². The van der Waals surface area contributed by atoms with Crippen molar-refractivity contribution in [2.75, 3.05) is 5.32 Å². The van der Waals surface area contributed by atoms with Crippen molar-refractivity contribution in [3.05, 3.63) is 93.5 Å². The number of furan rings is 1. The highest BCUT2D eigenvalue weighted by Gasteiger charge is 2.19. The van der Waals surface area contributed by atoms with Gasteiger partial charge in [0.25, 0.3) is 5.91 Å². The molecule has 6 nitrogen and oxygen atoms in total. The molecule has 1 N–H and O–H groups in total. The molecule has 3 aromatic heterocycles. The van der Waals surface area contributed by atoms with E-state index < -0.39 is 0 Å². The second-order valence-corrected chi connectivity index (χ2v) is 8.44. The molecule has 0 radical (unpaired) electrons. The summed E-state index contributed by atoms with van der Waals surface area (Å²) in [4.78, 5) is 32.5. The van der Waals surface area contributed by atoms with Crippen molar-refractivity contribution in [2.45, 2.75) is 19.5 Å². The highest BCUT2D eigenvalue weighted by Crippen LogP contribution is 2.20. The predicted molar refractivity (Wildman–Crippen MR) is 117 cm³/mol. The van der Waals surface area contributed by atoms with E-state index in [4.69, 9.17) is 4.42 Å². The van der Waals surface area contributed by atoms with Crippen molar-refractivity contribution >= 4 is 39.6 Å². The fraction of sp³-hybridized carbons (Fsp3) is 0.136. The number of thiazole rings is 1.